The molecule has 0 fully saturated rings. The maximum atomic E-state index is 11.1. The first-order valence-electron chi connectivity index (χ1n) is 7.21. The fourth-order valence-corrected chi connectivity index (χ4v) is 3.73. The zero-order valence-corrected chi connectivity index (χ0v) is 11.9. The molecule has 4 N–H and O–H groups in total. The molecule has 2 amide bonds. The van der Waals surface area contributed by atoms with Crippen LogP contribution in [0.2, 0.25) is 0 Å². The summed E-state index contributed by atoms with van der Waals surface area (Å²) in [7, 11) is 2.10. The van der Waals surface area contributed by atoms with Crippen LogP contribution in [0.3, 0.4) is 0 Å². The third-order valence-electron chi connectivity index (χ3n) is 4.60. The summed E-state index contributed by atoms with van der Waals surface area (Å²) in [5, 5.41) is 4.12. The number of hydrogen-bond donors (Lipinski definition) is 3. The molecular formula is C16H18N4O. The van der Waals surface area contributed by atoms with Crippen molar-refractivity contribution in [2.75, 3.05) is 13.6 Å². The first-order valence-corrected chi connectivity index (χ1v) is 7.21. The average Bonchev–Trinajstić information content (AvgIpc) is 2.84. The van der Waals surface area contributed by atoms with Gasteiger partial charge in [-0.05, 0) is 36.2 Å². The Balaban J connectivity index is 1.87. The Labute approximate surface area is 122 Å². The number of nitrogens with two attached hydrogens (primary N) is 1. The summed E-state index contributed by atoms with van der Waals surface area (Å²) in [4.78, 5) is 16.8. The SMILES string of the molecule is CN1C[C@@H](NC(N)=O)C=C2c3cccc4[nH]cc(c34)C[C@H]21. The molecule has 4 rings (SSSR count). The lowest BCUT2D eigenvalue weighted by Gasteiger charge is -2.39. The maximum absolute atomic E-state index is 11.1. The molecule has 108 valence electrons. The van der Waals surface area contributed by atoms with E-state index in [4.69, 9.17) is 5.73 Å². The summed E-state index contributed by atoms with van der Waals surface area (Å²) in [5.74, 6) is 0. The molecule has 0 saturated heterocycles. The molecule has 1 aliphatic carbocycles. The highest BCUT2D eigenvalue weighted by Crippen LogP contribution is 2.39. The normalized spacial score (nSPS) is 24.5. The lowest BCUT2D eigenvalue weighted by Crippen LogP contribution is -2.51. The van der Waals surface area contributed by atoms with Crippen molar-refractivity contribution in [2.24, 2.45) is 5.73 Å². The van der Waals surface area contributed by atoms with E-state index in [2.05, 4.69) is 52.7 Å². The lowest BCUT2D eigenvalue weighted by atomic mass is 9.81. The molecule has 5 heteroatoms. The highest BCUT2D eigenvalue weighted by atomic mass is 16.2. The van der Waals surface area contributed by atoms with Gasteiger partial charge in [0.2, 0.25) is 0 Å². The van der Waals surface area contributed by atoms with Gasteiger partial charge in [-0.1, -0.05) is 18.2 Å². The molecule has 2 heterocycles. The lowest BCUT2D eigenvalue weighted by molar-refractivity contribution is 0.231. The van der Waals surface area contributed by atoms with E-state index in [0.29, 0.717) is 6.04 Å². The number of hydrogen-bond acceptors (Lipinski definition) is 2. The Morgan fingerprint density at radius 2 is 2.33 bits per heavy atom. The Kier molecular flexibility index (Phi) is 2.59. The van der Waals surface area contributed by atoms with E-state index in [1.165, 1.54) is 27.6 Å². The predicted molar refractivity (Wildman–Crippen MR) is 82.9 cm³/mol. The number of nitrogens with zero attached hydrogens (tertiary/aromatic N) is 1. The topological polar surface area (TPSA) is 74.2 Å². The number of likely N-dealkylation sites (N-methyl/N-ethyl adjacent to an activating group) is 1. The van der Waals surface area contributed by atoms with Crippen LogP contribution in [0.25, 0.3) is 16.5 Å². The van der Waals surface area contributed by atoms with E-state index in [1.54, 1.807) is 0 Å². The van der Waals surface area contributed by atoms with Crippen molar-refractivity contribution >= 4 is 22.5 Å². The minimum atomic E-state index is -0.472. The highest BCUT2D eigenvalue weighted by Gasteiger charge is 2.33. The quantitative estimate of drug-likeness (QED) is 0.741. The number of fused-ring (bicyclic) bond motifs is 2. The second kappa shape index (κ2) is 4.36. The van der Waals surface area contributed by atoms with Gasteiger partial charge in [-0.3, -0.25) is 4.90 Å². The molecule has 0 spiro atoms. The molecule has 0 radical (unpaired) electrons. The molecule has 0 unspecified atom stereocenters. The van der Waals surface area contributed by atoms with E-state index >= 15 is 0 Å². The third kappa shape index (κ3) is 1.85. The first kappa shape index (κ1) is 12.5. The van der Waals surface area contributed by atoms with Crippen molar-refractivity contribution in [1.82, 2.24) is 15.2 Å². The Hall–Kier alpha value is -2.27. The van der Waals surface area contributed by atoms with Crippen molar-refractivity contribution in [3.63, 3.8) is 0 Å². The van der Waals surface area contributed by atoms with Crippen LogP contribution in [0.1, 0.15) is 11.1 Å². The number of carbonyl (C=O) groups excluding carboxylic acids is 1. The first-order chi connectivity index (χ1) is 10.1. The number of aromatic nitrogens is 1. The number of urea groups is 1. The zero-order valence-electron chi connectivity index (χ0n) is 11.9. The number of aromatic amines is 1. The fraction of sp³-hybridized carbons (Fsp3) is 0.312. The van der Waals surface area contributed by atoms with Gasteiger partial charge in [-0.2, -0.15) is 0 Å². The van der Waals surface area contributed by atoms with Gasteiger partial charge in [0.25, 0.3) is 0 Å². The van der Waals surface area contributed by atoms with E-state index in [9.17, 15) is 4.79 Å². The van der Waals surface area contributed by atoms with Gasteiger partial charge >= 0.3 is 6.03 Å². The van der Waals surface area contributed by atoms with Crippen LogP contribution in [0.4, 0.5) is 4.79 Å². The van der Waals surface area contributed by atoms with Crippen LogP contribution in [-0.2, 0) is 6.42 Å². The zero-order chi connectivity index (χ0) is 14.6. The van der Waals surface area contributed by atoms with Crippen molar-refractivity contribution < 1.29 is 4.79 Å². The molecule has 2 atom stereocenters. The smallest absolute Gasteiger partial charge is 0.312 e. The summed E-state index contributed by atoms with van der Waals surface area (Å²) < 4.78 is 0. The van der Waals surface area contributed by atoms with Gasteiger partial charge in [-0.15, -0.1) is 0 Å². The van der Waals surface area contributed by atoms with Gasteiger partial charge < -0.3 is 16.0 Å². The van der Waals surface area contributed by atoms with Crippen LogP contribution >= 0.6 is 0 Å². The molecule has 5 nitrogen and oxygen atoms in total. The average molecular weight is 282 g/mol. The van der Waals surface area contributed by atoms with Crippen LogP contribution < -0.4 is 11.1 Å². The summed E-state index contributed by atoms with van der Waals surface area (Å²) in [6.07, 6.45) is 5.29. The fourth-order valence-electron chi connectivity index (χ4n) is 3.73. The number of primary amides is 1. The second-order valence-corrected chi connectivity index (χ2v) is 5.94. The van der Waals surface area contributed by atoms with Crippen molar-refractivity contribution in [1.29, 1.82) is 0 Å². The summed E-state index contributed by atoms with van der Waals surface area (Å²) in [6.45, 7) is 0.785. The van der Waals surface area contributed by atoms with Crippen LogP contribution in [-0.4, -0.2) is 41.6 Å². The standard InChI is InChI=1S/C16H18N4O/c1-20-8-10(19-16(17)21)6-12-11-3-2-4-13-15(11)9(7-18-13)5-14(12)20/h2-4,6-7,10,14,18H,5,8H2,1H3,(H3,17,19,21)/t10-,14+/m0/s1. The molecule has 2 aromatic rings. The number of carbonyl (C=O) groups is 1. The summed E-state index contributed by atoms with van der Waals surface area (Å²) in [5.41, 5.74) is 10.4. The minimum absolute atomic E-state index is 0.0329. The molecular weight excluding hydrogens is 264 g/mol. The van der Waals surface area contributed by atoms with Crippen LogP contribution in [0.5, 0.6) is 0 Å². The summed E-state index contributed by atoms with van der Waals surface area (Å²) >= 11 is 0. The number of nitrogens with one attached hydrogen (secondary N) is 2. The molecule has 21 heavy (non-hydrogen) atoms. The van der Waals surface area contributed by atoms with Crippen molar-refractivity contribution in [2.45, 2.75) is 18.5 Å². The van der Waals surface area contributed by atoms with Crippen LogP contribution in [0, 0.1) is 0 Å². The van der Waals surface area contributed by atoms with E-state index in [1.807, 2.05) is 0 Å². The van der Waals surface area contributed by atoms with Gasteiger partial charge in [0.05, 0.1) is 6.04 Å². The van der Waals surface area contributed by atoms with Gasteiger partial charge in [0, 0.05) is 29.7 Å². The third-order valence-corrected chi connectivity index (χ3v) is 4.60. The predicted octanol–water partition coefficient (Wildman–Crippen LogP) is 1.46. The van der Waals surface area contributed by atoms with Gasteiger partial charge in [-0.25, -0.2) is 4.79 Å². The minimum Gasteiger partial charge on any atom is -0.361 e. The Morgan fingerprint density at radius 3 is 3.14 bits per heavy atom. The number of rotatable bonds is 1. The van der Waals surface area contributed by atoms with Crippen molar-refractivity contribution in [3.05, 3.63) is 41.6 Å². The molecule has 1 aromatic carbocycles. The van der Waals surface area contributed by atoms with Crippen molar-refractivity contribution in [3.8, 4) is 0 Å². The molecule has 1 aliphatic heterocycles. The maximum Gasteiger partial charge on any atom is 0.312 e. The van der Waals surface area contributed by atoms with Gasteiger partial charge in [0.1, 0.15) is 0 Å². The Morgan fingerprint density at radius 1 is 1.48 bits per heavy atom. The van der Waals surface area contributed by atoms with E-state index < -0.39 is 6.03 Å². The van der Waals surface area contributed by atoms with Gasteiger partial charge in [0.15, 0.2) is 0 Å². The second-order valence-electron chi connectivity index (χ2n) is 5.94. The molecule has 0 bridgehead atoms. The molecule has 1 aromatic heterocycles. The number of amides is 2. The number of H-pyrrole nitrogens is 1. The number of benzene rings is 1. The molecule has 0 saturated carbocycles. The Bertz CT molecular complexity index is 761. The van der Waals surface area contributed by atoms with Crippen LogP contribution in [0.15, 0.2) is 30.5 Å². The largest absolute Gasteiger partial charge is 0.361 e. The van der Waals surface area contributed by atoms with E-state index in [0.717, 1.165) is 13.0 Å². The highest BCUT2D eigenvalue weighted by molar-refractivity contribution is 5.98. The summed E-state index contributed by atoms with van der Waals surface area (Å²) in [6, 6.07) is 6.21. The van der Waals surface area contributed by atoms with E-state index in [-0.39, 0.29) is 6.04 Å². The molecule has 2 aliphatic rings. The monoisotopic (exact) mass is 282 g/mol.